The molecule has 3 nitrogen and oxygen atoms in total. The van der Waals surface area contributed by atoms with Crippen molar-refractivity contribution in [2.75, 3.05) is 6.61 Å². The van der Waals surface area contributed by atoms with Crippen molar-refractivity contribution in [1.29, 1.82) is 0 Å². The molecule has 0 N–H and O–H groups in total. The van der Waals surface area contributed by atoms with E-state index in [0.29, 0.717) is 12.3 Å². The van der Waals surface area contributed by atoms with Crippen molar-refractivity contribution in [2.45, 2.75) is 90.3 Å². The van der Waals surface area contributed by atoms with Crippen LogP contribution in [0.2, 0.25) is 0 Å². The van der Waals surface area contributed by atoms with Gasteiger partial charge in [-0.3, -0.25) is 4.79 Å². The molecule has 0 amide bonds. The molecule has 0 aliphatic heterocycles. The zero-order chi connectivity index (χ0) is 21.5. The molecule has 168 valence electrons. The van der Waals surface area contributed by atoms with Gasteiger partial charge in [-0.05, 0) is 93.7 Å². The Hall–Kier alpha value is -1.65. The van der Waals surface area contributed by atoms with Crippen LogP contribution >= 0.6 is 0 Å². The Bertz CT molecular complexity index is 677. The summed E-state index contributed by atoms with van der Waals surface area (Å²) in [5.41, 5.74) is 0.896. The second-order valence-corrected chi connectivity index (χ2v) is 9.30. The van der Waals surface area contributed by atoms with Crippen LogP contribution in [0.15, 0.2) is 18.2 Å². The summed E-state index contributed by atoms with van der Waals surface area (Å²) in [5, 5.41) is 0. The van der Waals surface area contributed by atoms with Gasteiger partial charge in [-0.15, -0.1) is 0 Å². The molecule has 5 heteroatoms. The number of alkyl halides is 1. The Morgan fingerprint density at radius 3 is 2.43 bits per heavy atom. The lowest BCUT2D eigenvalue weighted by Crippen LogP contribution is -2.30. The molecular formula is C25H36F2O3. The first-order valence-corrected chi connectivity index (χ1v) is 11.7. The number of rotatable bonds is 8. The number of carbonyl (C=O) groups is 1. The molecule has 1 atom stereocenters. The Labute approximate surface area is 179 Å². The van der Waals surface area contributed by atoms with Crippen LogP contribution < -0.4 is 4.74 Å². The minimum atomic E-state index is -1.12. The third-order valence-electron chi connectivity index (χ3n) is 6.84. The summed E-state index contributed by atoms with van der Waals surface area (Å²) in [6.07, 6.45) is 7.47. The van der Waals surface area contributed by atoms with Gasteiger partial charge >= 0.3 is 5.97 Å². The smallest absolute Gasteiger partial charge is 0.309 e. The highest BCUT2D eigenvalue weighted by Crippen LogP contribution is 2.33. The van der Waals surface area contributed by atoms with Gasteiger partial charge in [-0.25, -0.2) is 8.78 Å². The van der Waals surface area contributed by atoms with Crippen molar-refractivity contribution in [3.05, 3.63) is 29.6 Å². The van der Waals surface area contributed by atoms with Crippen molar-refractivity contribution in [3.63, 3.8) is 0 Å². The number of ether oxygens (including phenoxy) is 2. The maximum atomic E-state index is 14.4. The van der Waals surface area contributed by atoms with Crippen LogP contribution in [-0.2, 0) is 16.0 Å². The van der Waals surface area contributed by atoms with Crippen molar-refractivity contribution in [2.24, 2.45) is 17.8 Å². The van der Waals surface area contributed by atoms with Crippen LogP contribution in [0.5, 0.6) is 5.75 Å². The fourth-order valence-electron chi connectivity index (χ4n) is 4.73. The summed E-state index contributed by atoms with van der Waals surface area (Å²) in [5.74, 6) is 0.700. The summed E-state index contributed by atoms with van der Waals surface area (Å²) in [7, 11) is 0. The van der Waals surface area contributed by atoms with Gasteiger partial charge in [-0.1, -0.05) is 19.9 Å². The lowest BCUT2D eigenvalue weighted by atomic mass is 9.82. The van der Waals surface area contributed by atoms with E-state index < -0.39 is 12.0 Å². The number of benzene rings is 1. The monoisotopic (exact) mass is 422 g/mol. The highest BCUT2D eigenvalue weighted by Gasteiger charge is 2.30. The van der Waals surface area contributed by atoms with Gasteiger partial charge in [0.05, 0.1) is 5.92 Å². The predicted octanol–water partition coefficient (Wildman–Crippen LogP) is 6.42. The van der Waals surface area contributed by atoms with Crippen LogP contribution in [0.3, 0.4) is 0 Å². The fourth-order valence-corrected chi connectivity index (χ4v) is 4.73. The van der Waals surface area contributed by atoms with Crippen LogP contribution in [0.1, 0.15) is 77.2 Å². The molecule has 0 aromatic heterocycles. The third kappa shape index (κ3) is 6.68. The van der Waals surface area contributed by atoms with E-state index in [4.69, 9.17) is 9.47 Å². The lowest BCUT2D eigenvalue weighted by molar-refractivity contribution is -0.157. The number of hydrogen-bond acceptors (Lipinski definition) is 3. The van der Waals surface area contributed by atoms with Gasteiger partial charge in [0.1, 0.15) is 18.9 Å². The molecule has 0 radical (unpaired) electrons. The maximum absolute atomic E-state index is 14.4. The van der Waals surface area contributed by atoms with Gasteiger partial charge in [0, 0.05) is 0 Å². The summed E-state index contributed by atoms with van der Waals surface area (Å²) < 4.78 is 39.5. The van der Waals surface area contributed by atoms with Crippen LogP contribution in [-0.4, -0.2) is 24.9 Å². The molecule has 30 heavy (non-hydrogen) atoms. The molecule has 0 bridgehead atoms. The van der Waals surface area contributed by atoms with E-state index >= 15 is 0 Å². The van der Waals surface area contributed by atoms with E-state index in [-0.39, 0.29) is 36.3 Å². The first-order valence-electron chi connectivity index (χ1n) is 11.7. The molecule has 0 spiro atoms. The molecule has 2 saturated carbocycles. The molecular weight excluding hydrogens is 386 g/mol. The second-order valence-electron chi connectivity index (χ2n) is 9.30. The number of halogens is 2. The number of esters is 1. The molecule has 3 rings (SSSR count). The van der Waals surface area contributed by atoms with Crippen LogP contribution in [0, 0.1) is 23.6 Å². The number of carbonyl (C=O) groups excluding carboxylic acids is 1. The highest BCUT2D eigenvalue weighted by atomic mass is 19.1. The molecule has 2 fully saturated rings. The Morgan fingerprint density at radius 2 is 1.80 bits per heavy atom. The zero-order valence-electron chi connectivity index (χ0n) is 18.4. The summed E-state index contributed by atoms with van der Waals surface area (Å²) >= 11 is 0. The summed E-state index contributed by atoms with van der Waals surface area (Å²) in [4.78, 5) is 12.4. The maximum Gasteiger partial charge on any atom is 0.309 e. The average Bonchev–Trinajstić information content (AvgIpc) is 2.74. The quantitative estimate of drug-likeness (QED) is 0.453. The Balaban J connectivity index is 1.34. The van der Waals surface area contributed by atoms with Crippen LogP contribution in [0.25, 0.3) is 0 Å². The normalized spacial score (nSPS) is 28.0. The van der Waals surface area contributed by atoms with E-state index in [1.54, 1.807) is 6.07 Å². The lowest BCUT2D eigenvalue weighted by Gasteiger charge is -2.31. The molecule has 1 aromatic rings. The topological polar surface area (TPSA) is 35.5 Å². The molecule has 1 aromatic carbocycles. The van der Waals surface area contributed by atoms with Crippen molar-refractivity contribution >= 4 is 5.97 Å². The SMILES string of the molecule is CCc1ccc(OCC(F)CC2CCC(OC(=O)C3CCC(C)CC3)CC2)c(F)c1. The van der Waals surface area contributed by atoms with Crippen molar-refractivity contribution in [1.82, 2.24) is 0 Å². The molecule has 1 unspecified atom stereocenters. The molecule has 2 aliphatic rings. The molecule has 2 aliphatic carbocycles. The zero-order valence-corrected chi connectivity index (χ0v) is 18.4. The first-order chi connectivity index (χ1) is 14.4. The van der Waals surface area contributed by atoms with Crippen molar-refractivity contribution in [3.8, 4) is 5.75 Å². The van der Waals surface area contributed by atoms with E-state index in [1.807, 2.05) is 13.0 Å². The van der Waals surface area contributed by atoms with Gasteiger partial charge in [-0.2, -0.15) is 0 Å². The number of hydrogen-bond donors (Lipinski definition) is 0. The van der Waals surface area contributed by atoms with E-state index in [0.717, 1.165) is 63.4 Å². The molecule has 0 heterocycles. The summed E-state index contributed by atoms with van der Waals surface area (Å²) in [6, 6.07) is 4.83. The Kier molecular flexibility index (Phi) is 8.52. The van der Waals surface area contributed by atoms with E-state index in [2.05, 4.69) is 6.92 Å². The van der Waals surface area contributed by atoms with E-state index in [1.165, 1.54) is 6.07 Å². The largest absolute Gasteiger partial charge is 0.487 e. The Morgan fingerprint density at radius 1 is 1.10 bits per heavy atom. The average molecular weight is 423 g/mol. The van der Waals surface area contributed by atoms with Gasteiger partial charge in [0.2, 0.25) is 0 Å². The summed E-state index contributed by atoms with van der Waals surface area (Å²) in [6.45, 7) is 4.07. The van der Waals surface area contributed by atoms with Gasteiger partial charge in [0.15, 0.2) is 11.6 Å². The molecule has 0 saturated heterocycles. The minimum Gasteiger partial charge on any atom is -0.487 e. The second kappa shape index (κ2) is 11.1. The van der Waals surface area contributed by atoms with Gasteiger partial charge < -0.3 is 9.47 Å². The highest BCUT2D eigenvalue weighted by molar-refractivity contribution is 5.72. The fraction of sp³-hybridized carbons (Fsp3) is 0.720. The van der Waals surface area contributed by atoms with Crippen LogP contribution in [0.4, 0.5) is 8.78 Å². The first kappa shape index (κ1) is 23.0. The standard InChI is InChI=1S/C25H36F2O3/c1-3-18-8-13-24(23(27)15-18)29-16-21(26)14-19-6-11-22(12-7-19)30-25(28)20-9-4-17(2)5-10-20/h8,13,15,17,19-22H,3-7,9-12,14,16H2,1-2H3. The third-order valence-corrected chi connectivity index (χ3v) is 6.84. The van der Waals surface area contributed by atoms with Crippen molar-refractivity contribution < 1.29 is 23.0 Å². The van der Waals surface area contributed by atoms with Gasteiger partial charge in [0.25, 0.3) is 0 Å². The number of aryl methyl sites for hydroxylation is 1. The van der Waals surface area contributed by atoms with E-state index in [9.17, 15) is 13.6 Å². The minimum absolute atomic E-state index is 0.0198. The predicted molar refractivity (Wildman–Crippen MR) is 114 cm³/mol.